The molecule has 3 aliphatic rings. The highest BCUT2D eigenvalue weighted by Gasteiger charge is 2.56. The van der Waals surface area contributed by atoms with E-state index in [4.69, 9.17) is 0 Å². The highest BCUT2D eigenvalue weighted by Crippen LogP contribution is 2.50. The summed E-state index contributed by atoms with van der Waals surface area (Å²) in [5, 5.41) is 11.0. The Morgan fingerprint density at radius 1 is 1.06 bits per heavy atom. The number of urea groups is 1. The third-order valence-corrected chi connectivity index (χ3v) is 9.44. The van der Waals surface area contributed by atoms with Gasteiger partial charge in [-0.15, -0.1) is 0 Å². The Morgan fingerprint density at radius 3 is 2.14 bits per heavy atom. The van der Waals surface area contributed by atoms with Crippen LogP contribution in [0.3, 0.4) is 0 Å². The number of rotatable bonds is 8. The molecule has 9 heteroatoms. The number of nitrogens with one attached hydrogen (secondary N) is 1. The first-order valence-electron chi connectivity index (χ1n) is 12.7. The molecule has 4 rings (SSSR count). The number of sulfonamides is 1. The van der Waals surface area contributed by atoms with Gasteiger partial charge in [0.1, 0.15) is 0 Å². The van der Waals surface area contributed by atoms with Gasteiger partial charge < -0.3 is 14.9 Å². The van der Waals surface area contributed by atoms with Crippen LogP contribution in [0.1, 0.15) is 64.4 Å². The van der Waals surface area contributed by atoms with E-state index in [1.54, 1.807) is 4.90 Å². The number of carbonyl (C=O) groups is 1. The average molecular weight is 507 g/mol. The minimum Gasteiger partial charge on any atom is -0.388 e. The van der Waals surface area contributed by atoms with Gasteiger partial charge in [0.05, 0.1) is 23.9 Å². The number of carbonyl (C=O) groups excluding carboxylic acids is 1. The minimum atomic E-state index is -3.41. The molecule has 0 atom stereocenters. The van der Waals surface area contributed by atoms with Crippen molar-refractivity contribution in [3.63, 3.8) is 0 Å². The van der Waals surface area contributed by atoms with Crippen LogP contribution in [0.4, 0.5) is 4.79 Å². The van der Waals surface area contributed by atoms with E-state index < -0.39 is 21.2 Å². The normalized spacial score (nSPS) is 29.2. The molecule has 1 saturated heterocycles. The van der Waals surface area contributed by atoms with Gasteiger partial charge in [-0.2, -0.15) is 0 Å². The second-order valence-electron chi connectivity index (χ2n) is 12.1. The first-order chi connectivity index (χ1) is 16.2. The molecular formula is C26H42N4O4S. The smallest absolute Gasteiger partial charge is 0.320 e. The number of nitrogens with zero attached hydrogens (tertiary/aromatic N) is 3. The van der Waals surface area contributed by atoms with Gasteiger partial charge in [0, 0.05) is 24.2 Å². The lowest BCUT2D eigenvalue weighted by Gasteiger charge is -2.52. The van der Waals surface area contributed by atoms with Crippen molar-refractivity contribution in [2.75, 3.05) is 40.0 Å². The molecule has 196 valence electrons. The summed E-state index contributed by atoms with van der Waals surface area (Å²) >= 11 is 0. The lowest BCUT2D eigenvalue weighted by atomic mass is 9.67. The van der Waals surface area contributed by atoms with Gasteiger partial charge in [-0.3, -0.25) is 4.90 Å². The Morgan fingerprint density at radius 2 is 1.66 bits per heavy atom. The summed E-state index contributed by atoms with van der Waals surface area (Å²) in [5.41, 5.74) is -0.769. The molecule has 1 aliphatic heterocycles. The molecule has 1 spiro atoms. The average Bonchev–Trinajstić information content (AvgIpc) is 2.96. The van der Waals surface area contributed by atoms with Crippen molar-refractivity contribution in [2.24, 2.45) is 0 Å². The van der Waals surface area contributed by atoms with Crippen LogP contribution >= 0.6 is 0 Å². The van der Waals surface area contributed by atoms with Crippen molar-refractivity contribution in [3.05, 3.63) is 35.9 Å². The van der Waals surface area contributed by atoms with Crippen molar-refractivity contribution in [3.8, 4) is 0 Å². The van der Waals surface area contributed by atoms with Gasteiger partial charge >= 0.3 is 6.03 Å². The summed E-state index contributed by atoms with van der Waals surface area (Å²) in [5.74, 6) is 0. The van der Waals surface area contributed by atoms with Crippen molar-refractivity contribution in [1.82, 2.24) is 19.4 Å². The maximum atomic E-state index is 13.8. The number of β-amino-alcohol motifs (C(OH)–C–C–N with tert-alkyl or cyclic N) is 1. The molecule has 3 fully saturated rings. The summed E-state index contributed by atoms with van der Waals surface area (Å²) < 4.78 is 26.5. The van der Waals surface area contributed by atoms with E-state index in [-0.39, 0.29) is 23.7 Å². The van der Waals surface area contributed by atoms with E-state index in [0.29, 0.717) is 13.1 Å². The molecule has 2 amide bonds. The fourth-order valence-electron chi connectivity index (χ4n) is 6.59. The molecule has 2 saturated carbocycles. The Kier molecular flexibility index (Phi) is 6.79. The second kappa shape index (κ2) is 9.01. The molecule has 0 radical (unpaired) electrons. The van der Waals surface area contributed by atoms with Gasteiger partial charge in [0.15, 0.2) is 0 Å². The number of hydrogen-bond acceptors (Lipinski definition) is 5. The van der Waals surface area contributed by atoms with Crippen LogP contribution in [0.25, 0.3) is 0 Å². The van der Waals surface area contributed by atoms with Gasteiger partial charge in [0.2, 0.25) is 10.0 Å². The van der Waals surface area contributed by atoms with Gasteiger partial charge in [-0.1, -0.05) is 30.3 Å². The van der Waals surface area contributed by atoms with Crippen LogP contribution in [0, 0.1) is 0 Å². The number of amides is 2. The fourth-order valence-corrected chi connectivity index (χ4v) is 7.66. The van der Waals surface area contributed by atoms with Crippen molar-refractivity contribution in [1.29, 1.82) is 0 Å². The van der Waals surface area contributed by atoms with Crippen molar-refractivity contribution >= 4 is 16.1 Å². The summed E-state index contributed by atoms with van der Waals surface area (Å²) in [4.78, 5) is 19.8. The summed E-state index contributed by atoms with van der Waals surface area (Å²) in [6.07, 6.45) is 7.05. The van der Waals surface area contributed by atoms with E-state index in [9.17, 15) is 18.3 Å². The van der Waals surface area contributed by atoms with Crippen LogP contribution in [-0.2, 0) is 15.6 Å². The first kappa shape index (κ1) is 26.4. The Balaban J connectivity index is 1.61. The first-order valence-corrected chi connectivity index (χ1v) is 14.6. The van der Waals surface area contributed by atoms with Crippen LogP contribution in [-0.4, -0.2) is 90.9 Å². The van der Waals surface area contributed by atoms with E-state index in [1.807, 2.05) is 24.8 Å². The molecule has 1 heterocycles. The van der Waals surface area contributed by atoms with Gasteiger partial charge in [-0.05, 0) is 78.5 Å². The molecular weight excluding hydrogens is 464 g/mol. The maximum Gasteiger partial charge on any atom is 0.320 e. The molecule has 1 aromatic carbocycles. The quantitative estimate of drug-likeness (QED) is 0.566. The molecule has 2 aliphatic carbocycles. The molecule has 0 unspecified atom stereocenters. The van der Waals surface area contributed by atoms with Crippen molar-refractivity contribution in [2.45, 2.75) is 81.0 Å². The molecule has 0 bridgehead atoms. The third kappa shape index (κ3) is 5.24. The highest BCUT2D eigenvalue weighted by molar-refractivity contribution is 7.88. The van der Waals surface area contributed by atoms with Gasteiger partial charge in [-0.25, -0.2) is 17.9 Å². The monoisotopic (exact) mass is 506 g/mol. The van der Waals surface area contributed by atoms with Gasteiger partial charge in [0.25, 0.3) is 0 Å². The molecule has 2 N–H and O–H groups in total. The molecule has 35 heavy (non-hydrogen) atoms. The van der Waals surface area contributed by atoms with Crippen LogP contribution in [0.5, 0.6) is 0 Å². The lowest BCUT2D eigenvalue weighted by molar-refractivity contribution is -0.0725. The SMILES string of the molecule is CN(C)[C@]1(c2ccccc2)CC[C@@]2(CC1)CN(CC(C)(C)NS(C)(=O)=O)C(=O)N2CC1(O)CCC1. The standard InChI is InChI=1S/C26H42N4O4S/c1-23(2,27-35(5,33)34)18-29-19-24(30(22(29)31)20-25(32)12-9-13-25)14-16-26(17-15-24,28(3)4)21-10-7-6-8-11-21/h6-8,10-11,27,32H,9,12-20H2,1-5H3/t24-,26-. The van der Waals surface area contributed by atoms with E-state index in [1.165, 1.54) is 5.56 Å². The molecule has 8 nitrogen and oxygen atoms in total. The molecule has 1 aromatic rings. The number of aliphatic hydroxyl groups is 1. The molecule has 0 aromatic heterocycles. The van der Waals surface area contributed by atoms with Crippen molar-refractivity contribution < 1.29 is 18.3 Å². The Bertz CT molecular complexity index is 1030. The summed E-state index contributed by atoms with van der Waals surface area (Å²) in [6.45, 7) is 4.80. The van der Waals surface area contributed by atoms with Crippen LogP contribution < -0.4 is 4.72 Å². The third-order valence-electron chi connectivity index (χ3n) is 8.52. The summed E-state index contributed by atoms with van der Waals surface area (Å²) in [6, 6.07) is 10.5. The zero-order chi connectivity index (χ0) is 25.7. The highest BCUT2D eigenvalue weighted by atomic mass is 32.2. The fraction of sp³-hybridized carbons (Fsp3) is 0.731. The van der Waals surface area contributed by atoms with E-state index in [2.05, 4.69) is 48.0 Å². The van der Waals surface area contributed by atoms with Crippen LogP contribution in [0.2, 0.25) is 0 Å². The van der Waals surface area contributed by atoms with Crippen LogP contribution in [0.15, 0.2) is 30.3 Å². The minimum absolute atomic E-state index is 0.0919. The largest absolute Gasteiger partial charge is 0.388 e. The number of benzene rings is 1. The Labute approximate surface area is 210 Å². The van der Waals surface area contributed by atoms with E-state index >= 15 is 0 Å². The predicted molar refractivity (Wildman–Crippen MR) is 138 cm³/mol. The number of hydrogen-bond donors (Lipinski definition) is 2. The zero-order valence-corrected chi connectivity index (χ0v) is 22.7. The maximum absolute atomic E-state index is 13.8. The predicted octanol–water partition coefficient (Wildman–Crippen LogP) is 2.74. The zero-order valence-electron chi connectivity index (χ0n) is 21.9. The Hall–Kier alpha value is -1.68. The topological polar surface area (TPSA) is 93.2 Å². The lowest BCUT2D eigenvalue weighted by Crippen LogP contribution is -2.59. The van der Waals surface area contributed by atoms with E-state index in [0.717, 1.165) is 51.2 Å². The summed E-state index contributed by atoms with van der Waals surface area (Å²) in [7, 11) is 0.846. The second-order valence-corrected chi connectivity index (χ2v) is 13.8.